The van der Waals surface area contributed by atoms with Crippen LogP contribution >= 0.6 is 11.6 Å². The zero-order valence-electron chi connectivity index (χ0n) is 11.6. The number of carbonyl (C=O) groups is 1. The first kappa shape index (κ1) is 13.7. The Morgan fingerprint density at radius 2 is 2.25 bits per heavy atom. The van der Waals surface area contributed by atoms with Crippen LogP contribution in [0.3, 0.4) is 0 Å². The lowest BCUT2D eigenvalue weighted by atomic mass is 9.97. The second-order valence-electron chi connectivity index (χ2n) is 5.95. The molecule has 0 spiro atoms. The fourth-order valence-electron chi connectivity index (χ4n) is 3.01. The highest BCUT2D eigenvalue weighted by molar-refractivity contribution is 6.31. The van der Waals surface area contributed by atoms with E-state index in [0.29, 0.717) is 35.9 Å². The minimum atomic E-state index is -0.565. The number of ether oxygens (including phenoxy) is 1. The summed E-state index contributed by atoms with van der Waals surface area (Å²) in [5.74, 6) is 0.531. The highest BCUT2D eigenvalue weighted by Gasteiger charge is 2.44. The number of benzene rings is 1. The number of amides is 1. The van der Waals surface area contributed by atoms with Gasteiger partial charge in [0.15, 0.2) is 0 Å². The molecule has 0 bridgehead atoms. The second kappa shape index (κ2) is 4.64. The summed E-state index contributed by atoms with van der Waals surface area (Å²) < 4.78 is 5.59. The molecular formula is C15H18ClNO3. The van der Waals surface area contributed by atoms with Crippen molar-refractivity contribution in [2.75, 3.05) is 13.2 Å². The lowest BCUT2D eigenvalue weighted by Crippen LogP contribution is -2.48. The van der Waals surface area contributed by atoms with Gasteiger partial charge in [-0.2, -0.15) is 0 Å². The summed E-state index contributed by atoms with van der Waals surface area (Å²) in [6.45, 7) is 4.90. The molecule has 2 aliphatic rings. The summed E-state index contributed by atoms with van der Waals surface area (Å²) in [4.78, 5) is 14.5. The van der Waals surface area contributed by atoms with E-state index < -0.39 is 11.6 Å². The number of aliphatic hydroxyl groups is 1. The summed E-state index contributed by atoms with van der Waals surface area (Å²) in [5.41, 5.74) is 0.927. The molecule has 0 radical (unpaired) electrons. The minimum absolute atomic E-state index is 0.118. The van der Waals surface area contributed by atoms with Crippen LogP contribution in [0.5, 0.6) is 5.75 Å². The van der Waals surface area contributed by atoms with Crippen molar-refractivity contribution < 1.29 is 14.6 Å². The van der Waals surface area contributed by atoms with E-state index >= 15 is 0 Å². The van der Waals surface area contributed by atoms with Gasteiger partial charge in [0.1, 0.15) is 5.75 Å². The van der Waals surface area contributed by atoms with Crippen molar-refractivity contribution >= 4 is 17.5 Å². The first-order valence-corrected chi connectivity index (χ1v) is 7.24. The van der Waals surface area contributed by atoms with Gasteiger partial charge in [0, 0.05) is 18.0 Å². The lowest BCUT2D eigenvalue weighted by Gasteiger charge is -2.34. The predicted octanol–water partition coefficient (Wildman–Crippen LogP) is 2.26. The van der Waals surface area contributed by atoms with Gasteiger partial charge < -0.3 is 14.7 Å². The number of aliphatic hydroxyl groups excluding tert-OH is 1. The van der Waals surface area contributed by atoms with Gasteiger partial charge in [0.2, 0.25) is 0 Å². The number of carbonyl (C=O) groups excluding carboxylic acids is 1. The van der Waals surface area contributed by atoms with Crippen LogP contribution in [0, 0.1) is 0 Å². The Labute approximate surface area is 123 Å². The molecule has 1 N–H and O–H groups in total. The molecule has 1 unspecified atom stereocenters. The number of hydrogen-bond donors (Lipinski definition) is 1. The normalized spacial score (nSPS) is 23.6. The monoisotopic (exact) mass is 295 g/mol. The SMILES string of the molecule is CC1(C)C(O)CCN1C(=O)c1cc(Cl)cc2c1OCC2. The molecule has 20 heavy (non-hydrogen) atoms. The third kappa shape index (κ3) is 1.98. The van der Waals surface area contributed by atoms with Crippen molar-refractivity contribution in [1.82, 2.24) is 4.90 Å². The maximum atomic E-state index is 12.8. The second-order valence-corrected chi connectivity index (χ2v) is 6.39. The zero-order chi connectivity index (χ0) is 14.5. The summed E-state index contributed by atoms with van der Waals surface area (Å²) in [7, 11) is 0. The van der Waals surface area contributed by atoms with Gasteiger partial charge in [-0.3, -0.25) is 4.79 Å². The summed E-state index contributed by atoms with van der Waals surface area (Å²) >= 11 is 6.10. The Morgan fingerprint density at radius 3 is 2.90 bits per heavy atom. The van der Waals surface area contributed by atoms with E-state index in [1.165, 1.54) is 0 Å². The van der Waals surface area contributed by atoms with Crippen molar-refractivity contribution in [3.8, 4) is 5.75 Å². The summed E-state index contributed by atoms with van der Waals surface area (Å²) in [6, 6.07) is 3.51. The Kier molecular flexibility index (Phi) is 3.18. The van der Waals surface area contributed by atoms with Gasteiger partial charge in [0.25, 0.3) is 5.91 Å². The van der Waals surface area contributed by atoms with Crippen LogP contribution in [-0.2, 0) is 6.42 Å². The smallest absolute Gasteiger partial charge is 0.258 e. The average Bonchev–Trinajstić information content (AvgIpc) is 2.93. The van der Waals surface area contributed by atoms with Gasteiger partial charge in [0.05, 0.1) is 23.8 Å². The number of halogens is 1. The van der Waals surface area contributed by atoms with Crippen LogP contribution in [0.2, 0.25) is 5.02 Å². The van der Waals surface area contributed by atoms with E-state index in [4.69, 9.17) is 16.3 Å². The highest BCUT2D eigenvalue weighted by Crippen LogP contribution is 2.37. The topological polar surface area (TPSA) is 49.8 Å². The Morgan fingerprint density at radius 1 is 1.50 bits per heavy atom. The number of fused-ring (bicyclic) bond motifs is 1. The average molecular weight is 296 g/mol. The van der Waals surface area contributed by atoms with Crippen molar-refractivity contribution in [2.24, 2.45) is 0 Å². The van der Waals surface area contributed by atoms with Crippen molar-refractivity contribution in [1.29, 1.82) is 0 Å². The van der Waals surface area contributed by atoms with E-state index in [1.54, 1.807) is 11.0 Å². The van der Waals surface area contributed by atoms with Gasteiger partial charge in [-0.25, -0.2) is 0 Å². The standard InChI is InChI=1S/C15H18ClNO3/c1-15(2)12(18)3-5-17(15)14(19)11-8-10(16)7-9-4-6-20-13(9)11/h7-8,12,18H,3-6H2,1-2H3. The highest BCUT2D eigenvalue weighted by atomic mass is 35.5. The molecule has 0 aliphatic carbocycles. The van der Waals surface area contributed by atoms with Crippen LogP contribution in [-0.4, -0.2) is 40.7 Å². The molecule has 0 aromatic heterocycles. The quantitative estimate of drug-likeness (QED) is 0.864. The van der Waals surface area contributed by atoms with Gasteiger partial charge in [-0.15, -0.1) is 0 Å². The summed E-state index contributed by atoms with van der Waals surface area (Å²) in [5, 5.41) is 10.6. The van der Waals surface area contributed by atoms with Crippen molar-refractivity contribution in [2.45, 2.75) is 38.3 Å². The third-order valence-corrected chi connectivity index (χ3v) is 4.58. The van der Waals surface area contributed by atoms with Crippen molar-refractivity contribution in [3.05, 3.63) is 28.3 Å². The molecule has 1 saturated heterocycles. The minimum Gasteiger partial charge on any atom is -0.492 e. The summed E-state index contributed by atoms with van der Waals surface area (Å²) in [6.07, 6.45) is 0.879. The molecule has 3 rings (SSSR count). The van der Waals surface area contributed by atoms with Gasteiger partial charge >= 0.3 is 0 Å². The third-order valence-electron chi connectivity index (χ3n) is 4.36. The number of likely N-dealkylation sites (tertiary alicyclic amines) is 1. The fraction of sp³-hybridized carbons (Fsp3) is 0.533. The van der Waals surface area contributed by atoms with Crippen LogP contribution in [0.4, 0.5) is 0 Å². The number of rotatable bonds is 1. The van der Waals surface area contributed by atoms with E-state index in [0.717, 1.165) is 12.0 Å². The van der Waals surface area contributed by atoms with Crippen LogP contribution < -0.4 is 4.74 Å². The molecule has 2 heterocycles. The Bertz CT molecular complexity index is 570. The van der Waals surface area contributed by atoms with E-state index in [-0.39, 0.29) is 5.91 Å². The molecular weight excluding hydrogens is 278 g/mol. The predicted molar refractivity (Wildman–Crippen MR) is 76.4 cm³/mol. The first-order valence-electron chi connectivity index (χ1n) is 6.86. The van der Waals surface area contributed by atoms with Gasteiger partial charge in [-0.1, -0.05) is 11.6 Å². The van der Waals surface area contributed by atoms with E-state index in [2.05, 4.69) is 0 Å². The maximum absolute atomic E-state index is 12.8. The molecule has 1 aromatic carbocycles. The molecule has 2 aliphatic heterocycles. The Hall–Kier alpha value is -1.26. The molecule has 5 heteroatoms. The number of nitrogens with zero attached hydrogens (tertiary/aromatic N) is 1. The van der Waals surface area contributed by atoms with Gasteiger partial charge in [-0.05, 0) is 38.0 Å². The Balaban J connectivity index is 2.00. The van der Waals surface area contributed by atoms with Crippen LogP contribution in [0.1, 0.15) is 36.2 Å². The van der Waals surface area contributed by atoms with E-state index in [1.807, 2.05) is 19.9 Å². The first-order chi connectivity index (χ1) is 9.41. The molecule has 1 amide bonds. The largest absolute Gasteiger partial charge is 0.492 e. The van der Waals surface area contributed by atoms with Crippen LogP contribution in [0.15, 0.2) is 12.1 Å². The molecule has 0 saturated carbocycles. The molecule has 1 atom stereocenters. The molecule has 1 aromatic rings. The van der Waals surface area contributed by atoms with Crippen LogP contribution in [0.25, 0.3) is 0 Å². The maximum Gasteiger partial charge on any atom is 0.258 e. The number of hydrogen-bond acceptors (Lipinski definition) is 3. The van der Waals surface area contributed by atoms with Crippen molar-refractivity contribution in [3.63, 3.8) is 0 Å². The zero-order valence-corrected chi connectivity index (χ0v) is 12.4. The molecule has 108 valence electrons. The molecule has 4 nitrogen and oxygen atoms in total. The molecule has 1 fully saturated rings. The fourth-order valence-corrected chi connectivity index (χ4v) is 3.25. The van der Waals surface area contributed by atoms with E-state index in [9.17, 15) is 9.90 Å². The lowest BCUT2D eigenvalue weighted by molar-refractivity contribution is 0.0392.